The highest BCUT2D eigenvalue weighted by atomic mass is 16.6. The molecule has 1 fully saturated rings. The summed E-state index contributed by atoms with van der Waals surface area (Å²) in [5, 5.41) is 3.65. The SMILES string of the molecule is CN1CCCC(NCC2COc3ccccc3O2)CC1. The monoisotopic (exact) mass is 276 g/mol. The largest absolute Gasteiger partial charge is 0.486 e. The molecule has 2 atom stereocenters. The number of nitrogens with one attached hydrogen (secondary N) is 1. The average Bonchev–Trinajstić information content (AvgIpc) is 2.69. The van der Waals surface area contributed by atoms with E-state index in [2.05, 4.69) is 17.3 Å². The summed E-state index contributed by atoms with van der Waals surface area (Å²) in [5.41, 5.74) is 0. The topological polar surface area (TPSA) is 33.7 Å². The van der Waals surface area contributed by atoms with Crippen molar-refractivity contribution in [1.29, 1.82) is 0 Å². The lowest BCUT2D eigenvalue weighted by molar-refractivity contribution is 0.0877. The first kappa shape index (κ1) is 13.7. The van der Waals surface area contributed by atoms with Gasteiger partial charge >= 0.3 is 0 Å². The van der Waals surface area contributed by atoms with Gasteiger partial charge in [-0.1, -0.05) is 12.1 Å². The Balaban J connectivity index is 1.48. The van der Waals surface area contributed by atoms with Gasteiger partial charge in [0.1, 0.15) is 12.7 Å². The standard InChI is InChI=1S/C16H24N2O2/c1-18-9-4-5-13(8-10-18)17-11-14-12-19-15-6-2-3-7-16(15)20-14/h2-3,6-7,13-14,17H,4-5,8-12H2,1H3. The highest BCUT2D eigenvalue weighted by Gasteiger charge is 2.22. The van der Waals surface area contributed by atoms with Crippen LogP contribution < -0.4 is 14.8 Å². The molecule has 3 rings (SSSR count). The molecule has 1 saturated heterocycles. The van der Waals surface area contributed by atoms with Crippen molar-refractivity contribution in [3.05, 3.63) is 24.3 Å². The summed E-state index contributed by atoms with van der Waals surface area (Å²) < 4.78 is 11.7. The maximum Gasteiger partial charge on any atom is 0.161 e. The van der Waals surface area contributed by atoms with Crippen LogP contribution in [0.4, 0.5) is 0 Å². The van der Waals surface area contributed by atoms with Gasteiger partial charge < -0.3 is 19.7 Å². The molecule has 0 aromatic heterocycles. The van der Waals surface area contributed by atoms with Crippen LogP contribution in [0.1, 0.15) is 19.3 Å². The predicted molar refractivity (Wildman–Crippen MR) is 79.5 cm³/mol. The molecule has 1 N–H and O–H groups in total. The van der Waals surface area contributed by atoms with Crippen LogP contribution in [0.15, 0.2) is 24.3 Å². The Morgan fingerprint density at radius 1 is 1.20 bits per heavy atom. The van der Waals surface area contributed by atoms with Gasteiger partial charge in [0.2, 0.25) is 0 Å². The minimum Gasteiger partial charge on any atom is -0.486 e. The van der Waals surface area contributed by atoms with Crippen LogP contribution in [0, 0.1) is 0 Å². The number of benzene rings is 1. The van der Waals surface area contributed by atoms with E-state index in [1.54, 1.807) is 0 Å². The molecule has 0 radical (unpaired) electrons. The summed E-state index contributed by atoms with van der Waals surface area (Å²) in [6, 6.07) is 8.50. The second kappa shape index (κ2) is 6.46. The molecular formula is C16H24N2O2. The predicted octanol–water partition coefficient (Wildman–Crippen LogP) is 1.90. The van der Waals surface area contributed by atoms with Crippen molar-refractivity contribution in [2.45, 2.75) is 31.4 Å². The fourth-order valence-electron chi connectivity index (χ4n) is 2.91. The number of ether oxygens (including phenoxy) is 2. The van der Waals surface area contributed by atoms with Crippen LogP contribution in [-0.2, 0) is 0 Å². The van der Waals surface area contributed by atoms with E-state index in [-0.39, 0.29) is 6.10 Å². The van der Waals surface area contributed by atoms with Crippen molar-refractivity contribution in [1.82, 2.24) is 10.2 Å². The molecule has 1 aromatic carbocycles. The Morgan fingerprint density at radius 3 is 2.95 bits per heavy atom. The van der Waals surface area contributed by atoms with Crippen molar-refractivity contribution >= 4 is 0 Å². The number of likely N-dealkylation sites (tertiary alicyclic amines) is 1. The summed E-state index contributed by atoms with van der Waals surface area (Å²) in [6.07, 6.45) is 3.87. The zero-order valence-corrected chi connectivity index (χ0v) is 12.2. The Bertz CT molecular complexity index is 438. The maximum atomic E-state index is 5.98. The van der Waals surface area contributed by atoms with E-state index >= 15 is 0 Å². The summed E-state index contributed by atoms with van der Waals surface area (Å²) >= 11 is 0. The molecule has 4 heteroatoms. The van der Waals surface area contributed by atoms with Gasteiger partial charge in [0, 0.05) is 12.6 Å². The first-order chi connectivity index (χ1) is 9.81. The normalized spacial score (nSPS) is 27.1. The molecule has 2 unspecified atom stereocenters. The minimum absolute atomic E-state index is 0.117. The van der Waals surface area contributed by atoms with Gasteiger partial charge in [-0.25, -0.2) is 0 Å². The lowest BCUT2D eigenvalue weighted by Gasteiger charge is -2.28. The molecule has 2 aliphatic heterocycles. The fraction of sp³-hybridized carbons (Fsp3) is 0.625. The molecule has 2 heterocycles. The average molecular weight is 276 g/mol. The first-order valence-electron chi connectivity index (χ1n) is 7.61. The highest BCUT2D eigenvalue weighted by Crippen LogP contribution is 2.30. The lowest BCUT2D eigenvalue weighted by Crippen LogP contribution is -2.42. The van der Waals surface area contributed by atoms with Crippen molar-refractivity contribution in [3.8, 4) is 11.5 Å². The van der Waals surface area contributed by atoms with E-state index < -0.39 is 0 Å². The minimum atomic E-state index is 0.117. The highest BCUT2D eigenvalue weighted by molar-refractivity contribution is 5.40. The zero-order chi connectivity index (χ0) is 13.8. The van der Waals surface area contributed by atoms with Crippen LogP contribution in [0.25, 0.3) is 0 Å². The van der Waals surface area contributed by atoms with Crippen LogP contribution in [-0.4, -0.2) is 50.3 Å². The molecule has 0 aliphatic carbocycles. The smallest absolute Gasteiger partial charge is 0.161 e. The first-order valence-corrected chi connectivity index (χ1v) is 7.61. The van der Waals surface area contributed by atoms with E-state index in [0.717, 1.165) is 18.0 Å². The van der Waals surface area contributed by atoms with Gasteiger partial charge in [-0.15, -0.1) is 0 Å². The summed E-state index contributed by atoms with van der Waals surface area (Å²) in [4.78, 5) is 2.41. The number of hydrogen-bond donors (Lipinski definition) is 1. The van der Waals surface area contributed by atoms with Gasteiger partial charge in [0.25, 0.3) is 0 Å². The molecule has 20 heavy (non-hydrogen) atoms. The quantitative estimate of drug-likeness (QED) is 0.914. The molecular weight excluding hydrogens is 252 g/mol. The molecule has 1 aromatic rings. The molecule has 0 spiro atoms. The Kier molecular flexibility index (Phi) is 4.43. The molecule has 4 nitrogen and oxygen atoms in total. The Labute approximate surface area is 121 Å². The van der Waals surface area contributed by atoms with E-state index in [1.165, 1.54) is 32.4 Å². The van der Waals surface area contributed by atoms with E-state index in [1.807, 2.05) is 24.3 Å². The van der Waals surface area contributed by atoms with Gasteiger partial charge in [-0.05, 0) is 51.5 Å². The van der Waals surface area contributed by atoms with Crippen molar-refractivity contribution in [2.75, 3.05) is 33.3 Å². The van der Waals surface area contributed by atoms with Crippen molar-refractivity contribution in [2.24, 2.45) is 0 Å². The second-order valence-corrected chi connectivity index (χ2v) is 5.84. The maximum absolute atomic E-state index is 5.98. The van der Waals surface area contributed by atoms with Crippen LogP contribution >= 0.6 is 0 Å². The number of para-hydroxylation sites is 2. The van der Waals surface area contributed by atoms with Crippen LogP contribution in [0.2, 0.25) is 0 Å². The number of hydrogen-bond acceptors (Lipinski definition) is 4. The second-order valence-electron chi connectivity index (χ2n) is 5.84. The number of nitrogens with zero attached hydrogens (tertiary/aromatic N) is 1. The number of rotatable bonds is 3. The van der Waals surface area contributed by atoms with Crippen molar-refractivity contribution < 1.29 is 9.47 Å². The Hall–Kier alpha value is -1.26. The van der Waals surface area contributed by atoms with Gasteiger partial charge in [-0.2, -0.15) is 0 Å². The third-order valence-electron chi connectivity index (χ3n) is 4.15. The van der Waals surface area contributed by atoms with Crippen LogP contribution in [0.5, 0.6) is 11.5 Å². The summed E-state index contributed by atoms with van der Waals surface area (Å²) in [5.74, 6) is 1.73. The van der Waals surface area contributed by atoms with E-state index in [4.69, 9.17) is 9.47 Å². The lowest BCUT2D eigenvalue weighted by atomic mass is 10.1. The molecule has 0 saturated carbocycles. The zero-order valence-electron chi connectivity index (χ0n) is 12.2. The third kappa shape index (κ3) is 3.44. The molecule has 2 aliphatic rings. The number of fused-ring (bicyclic) bond motifs is 1. The van der Waals surface area contributed by atoms with Gasteiger partial charge in [-0.3, -0.25) is 0 Å². The summed E-state index contributed by atoms with van der Waals surface area (Å²) in [7, 11) is 2.21. The molecule has 110 valence electrons. The molecule has 0 amide bonds. The summed E-state index contributed by atoms with van der Waals surface area (Å²) in [6.45, 7) is 3.90. The van der Waals surface area contributed by atoms with Gasteiger partial charge in [0.15, 0.2) is 11.5 Å². The van der Waals surface area contributed by atoms with Crippen molar-refractivity contribution in [3.63, 3.8) is 0 Å². The third-order valence-corrected chi connectivity index (χ3v) is 4.15. The van der Waals surface area contributed by atoms with E-state index in [9.17, 15) is 0 Å². The fourth-order valence-corrected chi connectivity index (χ4v) is 2.91. The van der Waals surface area contributed by atoms with Crippen LogP contribution in [0.3, 0.4) is 0 Å². The van der Waals surface area contributed by atoms with E-state index in [0.29, 0.717) is 12.6 Å². The van der Waals surface area contributed by atoms with Gasteiger partial charge in [0.05, 0.1) is 0 Å². The molecule has 0 bridgehead atoms. The Morgan fingerprint density at radius 2 is 2.05 bits per heavy atom.